The molecule has 0 radical (unpaired) electrons. The maximum Gasteiger partial charge on any atom is 0.523 e. The molecule has 2 rings (SSSR count). The van der Waals surface area contributed by atoms with Gasteiger partial charge < -0.3 is 14.6 Å². The van der Waals surface area contributed by atoms with Crippen molar-refractivity contribution < 1.29 is 50.5 Å². The van der Waals surface area contributed by atoms with E-state index in [4.69, 9.17) is 9.47 Å². The Kier molecular flexibility index (Phi) is 8.86. The molecule has 0 spiro atoms. The normalized spacial score (nSPS) is 17.0. The second-order valence-electron chi connectivity index (χ2n) is 7.58. The Morgan fingerprint density at radius 3 is 1.76 bits per heavy atom. The first kappa shape index (κ1) is 27.8. The molecule has 0 heterocycles. The van der Waals surface area contributed by atoms with Crippen molar-refractivity contribution in [2.24, 2.45) is 0 Å². The average Bonchev–Trinajstić information content (AvgIpc) is 2.76. The monoisotopic (exact) mass is 494 g/mol. The van der Waals surface area contributed by atoms with Crippen LogP contribution in [0.5, 0.6) is 0 Å². The number of hydrogen-bond donors (Lipinski definition) is 1. The molecule has 188 valence electrons. The predicted molar refractivity (Wildman–Crippen MR) is 109 cm³/mol. The van der Waals surface area contributed by atoms with Crippen LogP contribution in [0.25, 0.3) is 0 Å². The molecule has 1 N–H and O–H groups in total. The molecule has 0 aromatic heterocycles. The SMILES string of the molecule is CCOC(c1ccc(C(O)C(F)(F)F)cc1)C(C)(OC(F)(F)F)C(OC)c1ccc(C=O)cc1. The zero-order valence-corrected chi connectivity index (χ0v) is 18.5. The van der Waals surface area contributed by atoms with E-state index < -0.39 is 42.0 Å². The number of aldehydes is 1. The van der Waals surface area contributed by atoms with E-state index >= 15 is 0 Å². The van der Waals surface area contributed by atoms with Crippen LogP contribution in [0.15, 0.2) is 48.5 Å². The molecule has 0 fully saturated rings. The van der Waals surface area contributed by atoms with Gasteiger partial charge in [0.1, 0.15) is 24.1 Å². The van der Waals surface area contributed by atoms with Crippen molar-refractivity contribution in [1.82, 2.24) is 0 Å². The van der Waals surface area contributed by atoms with Crippen LogP contribution in [-0.4, -0.2) is 43.2 Å². The number of halogens is 6. The summed E-state index contributed by atoms with van der Waals surface area (Å²) in [6.07, 6.45) is -15.1. The van der Waals surface area contributed by atoms with Crippen molar-refractivity contribution in [3.63, 3.8) is 0 Å². The number of aliphatic hydroxyl groups excluding tert-OH is 1. The molecular formula is C23H24F6O5. The summed E-state index contributed by atoms with van der Waals surface area (Å²) in [6.45, 7) is 2.58. The Morgan fingerprint density at radius 1 is 0.882 bits per heavy atom. The molecule has 0 saturated carbocycles. The van der Waals surface area contributed by atoms with Gasteiger partial charge in [0.15, 0.2) is 6.10 Å². The summed E-state index contributed by atoms with van der Waals surface area (Å²) in [5.74, 6) is 0. The van der Waals surface area contributed by atoms with Gasteiger partial charge >= 0.3 is 12.5 Å². The Labute approximate surface area is 192 Å². The second kappa shape index (κ2) is 10.9. The maximum atomic E-state index is 13.6. The number of rotatable bonds is 10. The molecule has 4 atom stereocenters. The van der Waals surface area contributed by atoms with E-state index in [9.17, 15) is 36.2 Å². The quantitative estimate of drug-likeness (QED) is 0.331. The number of carbonyl (C=O) groups excluding carboxylic acids is 1. The fraction of sp³-hybridized carbons (Fsp3) is 0.435. The van der Waals surface area contributed by atoms with E-state index in [0.29, 0.717) is 6.29 Å². The minimum absolute atomic E-state index is 0.0606. The molecule has 11 heteroatoms. The van der Waals surface area contributed by atoms with Crippen molar-refractivity contribution >= 4 is 6.29 Å². The Bertz CT molecular complexity index is 927. The van der Waals surface area contributed by atoms with Gasteiger partial charge in [-0.2, -0.15) is 13.2 Å². The maximum absolute atomic E-state index is 13.6. The van der Waals surface area contributed by atoms with Crippen LogP contribution in [0.2, 0.25) is 0 Å². The molecule has 2 aromatic rings. The second-order valence-corrected chi connectivity index (χ2v) is 7.58. The number of alkyl halides is 6. The summed E-state index contributed by atoms with van der Waals surface area (Å²) in [5, 5.41) is 9.45. The number of benzene rings is 2. The van der Waals surface area contributed by atoms with Crippen LogP contribution in [-0.2, 0) is 14.2 Å². The van der Waals surface area contributed by atoms with E-state index in [2.05, 4.69) is 4.74 Å². The fourth-order valence-corrected chi connectivity index (χ4v) is 3.75. The first-order chi connectivity index (χ1) is 15.8. The molecule has 0 aliphatic rings. The van der Waals surface area contributed by atoms with Gasteiger partial charge in [-0.15, -0.1) is 13.2 Å². The van der Waals surface area contributed by atoms with Crippen LogP contribution in [0.3, 0.4) is 0 Å². The lowest BCUT2D eigenvalue weighted by Gasteiger charge is -2.42. The predicted octanol–water partition coefficient (Wildman–Crippen LogP) is 5.86. The summed E-state index contributed by atoms with van der Waals surface area (Å²) in [7, 11) is 1.17. The summed E-state index contributed by atoms with van der Waals surface area (Å²) < 4.78 is 94.7. The van der Waals surface area contributed by atoms with E-state index in [0.717, 1.165) is 31.2 Å². The zero-order chi connectivity index (χ0) is 25.7. The number of ether oxygens (including phenoxy) is 3. The van der Waals surface area contributed by atoms with Gasteiger partial charge in [0, 0.05) is 19.3 Å². The number of hydrogen-bond acceptors (Lipinski definition) is 5. The Morgan fingerprint density at radius 2 is 1.35 bits per heavy atom. The first-order valence-corrected chi connectivity index (χ1v) is 10.1. The number of aliphatic hydroxyl groups is 1. The molecule has 0 aliphatic heterocycles. The van der Waals surface area contributed by atoms with Gasteiger partial charge in [0.05, 0.1) is 0 Å². The topological polar surface area (TPSA) is 65.0 Å². The van der Waals surface area contributed by atoms with Gasteiger partial charge in [-0.05, 0) is 30.5 Å². The number of carbonyl (C=O) groups is 1. The molecular weight excluding hydrogens is 470 g/mol. The van der Waals surface area contributed by atoms with Gasteiger partial charge in [0.2, 0.25) is 0 Å². The Balaban J connectivity index is 2.59. The molecule has 0 aliphatic carbocycles. The summed E-state index contributed by atoms with van der Waals surface area (Å²) in [5.41, 5.74) is -2.14. The smallest absolute Gasteiger partial charge is 0.379 e. The van der Waals surface area contributed by atoms with Crippen molar-refractivity contribution in [3.05, 3.63) is 70.8 Å². The van der Waals surface area contributed by atoms with E-state index in [-0.39, 0.29) is 23.3 Å². The molecule has 34 heavy (non-hydrogen) atoms. The van der Waals surface area contributed by atoms with Crippen molar-refractivity contribution in [1.29, 1.82) is 0 Å². The third-order valence-electron chi connectivity index (χ3n) is 5.19. The highest BCUT2D eigenvalue weighted by Crippen LogP contribution is 2.47. The van der Waals surface area contributed by atoms with Crippen molar-refractivity contribution in [3.8, 4) is 0 Å². The highest BCUT2D eigenvalue weighted by atomic mass is 19.4. The van der Waals surface area contributed by atoms with E-state index in [1.807, 2.05) is 0 Å². The van der Waals surface area contributed by atoms with Gasteiger partial charge in [-0.3, -0.25) is 9.53 Å². The minimum Gasteiger partial charge on any atom is -0.379 e. The highest BCUT2D eigenvalue weighted by Gasteiger charge is 2.52. The van der Waals surface area contributed by atoms with Crippen LogP contribution in [0.1, 0.15) is 59.2 Å². The van der Waals surface area contributed by atoms with Crippen LogP contribution < -0.4 is 0 Å². The minimum atomic E-state index is -5.13. The standard InChI is InChI=1S/C23H24F6O5/c1-4-33-20(17-11-9-15(10-12-17)18(31)22(24,25)26)21(2,34-23(27,28)29)19(32-3)16-7-5-14(13-30)6-8-16/h5-13,18-20,31H,4H2,1-3H3. The zero-order valence-electron chi connectivity index (χ0n) is 18.5. The largest absolute Gasteiger partial charge is 0.523 e. The molecule has 0 amide bonds. The third kappa shape index (κ3) is 6.56. The lowest BCUT2D eigenvalue weighted by molar-refractivity contribution is -0.393. The number of methoxy groups -OCH3 is 1. The molecule has 2 aromatic carbocycles. The van der Waals surface area contributed by atoms with Crippen LogP contribution >= 0.6 is 0 Å². The first-order valence-electron chi connectivity index (χ1n) is 10.1. The fourth-order valence-electron chi connectivity index (χ4n) is 3.75. The molecule has 4 unspecified atom stereocenters. The third-order valence-corrected chi connectivity index (χ3v) is 5.19. The van der Waals surface area contributed by atoms with Crippen molar-refractivity contribution in [2.75, 3.05) is 13.7 Å². The van der Waals surface area contributed by atoms with Gasteiger partial charge in [-0.1, -0.05) is 48.5 Å². The van der Waals surface area contributed by atoms with E-state index in [1.165, 1.54) is 38.3 Å². The Hall–Kier alpha value is -2.47. The van der Waals surface area contributed by atoms with Crippen LogP contribution in [0.4, 0.5) is 26.3 Å². The van der Waals surface area contributed by atoms with Crippen LogP contribution in [0, 0.1) is 0 Å². The molecule has 5 nitrogen and oxygen atoms in total. The molecule has 0 saturated heterocycles. The van der Waals surface area contributed by atoms with Gasteiger partial charge in [-0.25, -0.2) is 0 Å². The lowest BCUT2D eigenvalue weighted by atomic mass is 9.83. The average molecular weight is 494 g/mol. The van der Waals surface area contributed by atoms with Crippen molar-refractivity contribution in [2.45, 2.75) is 50.3 Å². The summed E-state index contributed by atoms with van der Waals surface area (Å²) in [6, 6.07) is 9.76. The van der Waals surface area contributed by atoms with E-state index in [1.54, 1.807) is 0 Å². The summed E-state index contributed by atoms with van der Waals surface area (Å²) >= 11 is 0. The lowest BCUT2D eigenvalue weighted by Crippen LogP contribution is -2.47. The molecule has 0 bridgehead atoms. The summed E-state index contributed by atoms with van der Waals surface area (Å²) in [4.78, 5) is 10.9. The van der Waals surface area contributed by atoms with Gasteiger partial charge in [0.25, 0.3) is 0 Å². The highest BCUT2D eigenvalue weighted by molar-refractivity contribution is 5.74.